The molecule has 2 aromatic heterocycles. The van der Waals surface area contributed by atoms with Gasteiger partial charge < -0.3 is 20.3 Å². The summed E-state index contributed by atoms with van der Waals surface area (Å²) in [5.74, 6) is 0.0878. The van der Waals surface area contributed by atoms with Crippen molar-refractivity contribution in [1.29, 1.82) is 0 Å². The maximum absolute atomic E-state index is 12.0. The number of hydrogen-bond donors (Lipinski definition) is 1. The predicted molar refractivity (Wildman–Crippen MR) is 133 cm³/mol. The van der Waals surface area contributed by atoms with Crippen molar-refractivity contribution in [3.05, 3.63) is 48.3 Å². The Kier molecular flexibility index (Phi) is 5.36. The molecule has 0 bridgehead atoms. The minimum absolute atomic E-state index is 0.229. The summed E-state index contributed by atoms with van der Waals surface area (Å²) in [6, 6.07) is 11.9. The van der Waals surface area contributed by atoms with Crippen molar-refractivity contribution in [2.24, 2.45) is 5.73 Å². The van der Waals surface area contributed by atoms with E-state index in [9.17, 15) is 4.79 Å². The van der Waals surface area contributed by atoms with E-state index >= 15 is 0 Å². The van der Waals surface area contributed by atoms with Crippen molar-refractivity contribution in [2.75, 3.05) is 38.1 Å². The molecule has 9 heteroatoms. The SMILES string of the molecule is CN1CCN(c2ccc(Oc3ncc4ccc5c(C(N)=O)nn(C(C)(C)C)c5c4n3)cc2)CC1. The van der Waals surface area contributed by atoms with Crippen molar-refractivity contribution >= 4 is 33.4 Å². The maximum atomic E-state index is 12.0. The Balaban J connectivity index is 1.50. The van der Waals surface area contributed by atoms with Gasteiger partial charge in [0.1, 0.15) is 11.3 Å². The molecule has 4 aromatic rings. The quantitative estimate of drug-likeness (QED) is 0.499. The monoisotopic (exact) mass is 459 g/mol. The van der Waals surface area contributed by atoms with Crippen LogP contribution in [-0.4, -0.2) is 63.8 Å². The second-order valence-electron chi connectivity index (χ2n) is 9.73. The number of nitrogens with zero attached hydrogens (tertiary/aromatic N) is 6. The van der Waals surface area contributed by atoms with Crippen LogP contribution >= 0.6 is 0 Å². The number of carbonyl (C=O) groups is 1. The Labute approximate surface area is 198 Å². The molecule has 0 aliphatic carbocycles. The smallest absolute Gasteiger partial charge is 0.322 e. The molecule has 0 atom stereocenters. The number of hydrogen-bond acceptors (Lipinski definition) is 7. The van der Waals surface area contributed by atoms with Crippen LogP contribution in [0.3, 0.4) is 0 Å². The Morgan fingerprint density at radius 2 is 1.74 bits per heavy atom. The van der Waals surface area contributed by atoms with Crippen molar-refractivity contribution in [3.8, 4) is 11.8 Å². The van der Waals surface area contributed by atoms with Crippen molar-refractivity contribution in [1.82, 2.24) is 24.6 Å². The molecule has 1 aliphatic heterocycles. The number of benzene rings is 2. The van der Waals surface area contributed by atoms with E-state index in [1.165, 1.54) is 5.69 Å². The van der Waals surface area contributed by atoms with Crippen LogP contribution in [-0.2, 0) is 5.54 Å². The average Bonchev–Trinajstić information content (AvgIpc) is 3.21. The van der Waals surface area contributed by atoms with Gasteiger partial charge in [0, 0.05) is 48.8 Å². The Bertz CT molecular complexity index is 1360. The van der Waals surface area contributed by atoms with E-state index in [2.05, 4.69) is 39.1 Å². The molecular weight excluding hydrogens is 430 g/mol. The standard InChI is InChI=1S/C25H29N7O2/c1-25(2,3)32-22-19(21(29-32)23(26)33)10-5-16-15-27-24(28-20(16)22)34-18-8-6-17(7-9-18)31-13-11-30(4)12-14-31/h5-10,15H,11-14H2,1-4H3,(H2,26,33). The van der Waals surface area contributed by atoms with Gasteiger partial charge in [-0.2, -0.15) is 10.1 Å². The van der Waals surface area contributed by atoms with Gasteiger partial charge >= 0.3 is 6.01 Å². The van der Waals surface area contributed by atoms with Crippen LogP contribution in [0.1, 0.15) is 31.3 Å². The molecule has 9 nitrogen and oxygen atoms in total. The van der Waals surface area contributed by atoms with Crippen molar-refractivity contribution in [2.45, 2.75) is 26.3 Å². The summed E-state index contributed by atoms with van der Waals surface area (Å²) in [6.45, 7) is 10.2. The lowest BCUT2D eigenvalue weighted by Crippen LogP contribution is -2.44. The first kappa shape index (κ1) is 22.1. The number of rotatable bonds is 4. The van der Waals surface area contributed by atoms with Crippen LogP contribution in [0.4, 0.5) is 5.69 Å². The number of carbonyl (C=O) groups excluding carboxylic acids is 1. The van der Waals surface area contributed by atoms with Crippen molar-refractivity contribution in [3.63, 3.8) is 0 Å². The highest BCUT2D eigenvalue weighted by molar-refractivity contribution is 6.11. The lowest BCUT2D eigenvalue weighted by atomic mass is 10.1. The van der Waals surface area contributed by atoms with E-state index < -0.39 is 5.91 Å². The zero-order valence-corrected chi connectivity index (χ0v) is 19.9. The Hall–Kier alpha value is -3.72. The fraction of sp³-hybridized carbons (Fsp3) is 0.360. The van der Waals surface area contributed by atoms with Crippen molar-refractivity contribution < 1.29 is 9.53 Å². The molecule has 0 saturated carbocycles. The van der Waals surface area contributed by atoms with Crippen LogP contribution in [0.25, 0.3) is 21.8 Å². The molecule has 2 N–H and O–H groups in total. The van der Waals surface area contributed by atoms with Gasteiger partial charge in [0.15, 0.2) is 5.69 Å². The first-order valence-corrected chi connectivity index (χ1v) is 11.4. The third-order valence-corrected chi connectivity index (χ3v) is 6.15. The van der Waals surface area contributed by atoms with E-state index in [-0.39, 0.29) is 17.2 Å². The van der Waals surface area contributed by atoms with Gasteiger partial charge in [-0.15, -0.1) is 0 Å². The molecule has 3 heterocycles. The third-order valence-electron chi connectivity index (χ3n) is 6.15. The number of anilines is 1. The molecule has 0 unspecified atom stereocenters. The van der Waals surface area contributed by atoms with E-state index in [0.29, 0.717) is 16.7 Å². The summed E-state index contributed by atoms with van der Waals surface area (Å²) in [5, 5.41) is 6.00. The molecule has 2 aromatic carbocycles. The van der Waals surface area contributed by atoms with E-state index in [4.69, 9.17) is 15.5 Å². The number of aromatic nitrogens is 4. The topological polar surface area (TPSA) is 102 Å². The van der Waals surface area contributed by atoms with Gasteiger partial charge in [0.05, 0.1) is 11.1 Å². The molecule has 1 amide bonds. The number of ether oxygens (including phenoxy) is 1. The van der Waals surface area contributed by atoms with Gasteiger partial charge in [-0.05, 0) is 58.2 Å². The second-order valence-corrected chi connectivity index (χ2v) is 9.73. The zero-order chi connectivity index (χ0) is 24.0. The Morgan fingerprint density at radius 1 is 1.03 bits per heavy atom. The third kappa shape index (κ3) is 4.03. The number of fused-ring (bicyclic) bond motifs is 3. The summed E-state index contributed by atoms with van der Waals surface area (Å²) in [7, 11) is 2.15. The zero-order valence-electron chi connectivity index (χ0n) is 19.9. The summed E-state index contributed by atoms with van der Waals surface area (Å²) in [4.78, 5) is 25.8. The van der Waals surface area contributed by atoms with Gasteiger partial charge in [-0.1, -0.05) is 6.07 Å². The van der Waals surface area contributed by atoms with Crippen LogP contribution < -0.4 is 15.4 Å². The first-order valence-electron chi connectivity index (χ1n) is 11.4. The number of likely N-dealkylation sites (N-methyl/N-ethyl adjacent to an activating group) is 1. The van der Waals surface area contributed by atoms with Crippen LogP contribution in [0, 0.1) is 0 Å². The molecule has 1 aliphatic rings. The van der Waals surface area contributed by atoms with E-state index in [1.54, 1.807) is 10.9 Å². The number of amides is 1. The van der Waals surface area contributed by atoms with Crippen LogP contribution in [0.15, 0.2) is 42.6 Å². The summed E-state index contributed by atoms with van der Waals surface area (Å²) >= 11 is 0. The molecule has 0 radical (unpaired) electrons. The highest BCUT2D eigenvalue weighted by Gasteiger charge is 2.25. The maximum Gasteiger partial charge on any atom is 0.322 e. The fourth-order valence-electron chi connectivity index (χ4n) is 4.29. The number of primary amides is 1. The fourth-order valence-corrected chi connectivity index (χ4v) is 4.29. The molecular formula is C25H29N7O2. The molecule has 0 spiro atoms. The second kappa shape index (κ2) is 8.25. The van der Waals surface area contributed by atoms with Gasteiger partial charge in [-0.25, -0.2) is 4.98 Å². The summed E-state index contributed by atoms with van der Waals surface area (Å²) < 4.78 is 7.80. The highest BCUT2D eigenvalue weighted by atomic mass is 16.5. The highest BCUT2D eigenvalue weighted by Crippen LogP contribution is 2.32. The Morgan fingerprint density at radius 3 is 2.38 bits per heavy atom. The number of nitrogens with two attached hydrogens (primary N) is 1. The summed E-state index contributed by atoms with van der Waals surface area (Å²) in [5.41, 5.74) is 8.02. The summed E-state index contributed by atoms with van der Waals surface area (Å²) in [6.07, 6.45) is 1.72. The van der Waals surface area contributed by atoms with Gasteiger partial charge in [-0.3, -0.25) is 9.48 Å². The van der Waals surface area contributed by atoms with Gasteiger partial charge in [0.2, 0.25) is 0 Å². The minimum Gasteiger partial charge on any atom is -0.424 e. The molecule has 1 saturated heterocycles. The van der Waals surface area contributed by atoms with E-state index in [0.717, 1.165) is 37.1 Å². The average molecular weight is 460 g/mol. The molecule has 5 rings (SSSR count). The molecule has 1 fully saturated rings. The lowest BCUT2D eigenvalue weighted by Gasteiger charge is -2.34. The molecule has 34 heavy (non-hydrogen) atoms. The minimum atomic E-state index is -0.571. The number of piperazine rings is 1. The van der Waals surface area contributed by atoms with E-state index in [1.807, 2.05) is 45.0 Å². The lowest BCUT2D eigenvalue weighted by molar-refractivity contribution is 0.0995. The van der Waals surface area contributed by atoms with Gasteiger partial charge in [0.25, 0.3) is 5.91 Å². The first-order chi connectivity index (χ1) is 16.2. The largest absolute Gasteiger partial charge is 0.424 e. The predicted octanol–water partition coefficient (Wildman–Crippen LogP) is 3.38. The molecule has 176 valence electrons. The normalized spacial score (nSPS) is 15.2. The van der Waals surface area contributed by atoms with Crippen LogP contribution in [0.2, 0.25) is 0 Å². The van der Waals surface area contributed by atoms with Crippen LogP contribution in [0.5, 0.6) is 11.8 Å².